The number of hydrogen-bond acceptors (Lipinski definition) is 4. The summed E-state index contributed by atoms with van der Waals surface area (Å²) in [5.74, 6) is 0.0506. The van der Waals surface area contributed by atoms with E-state index in [1.54, 1.807) is 12.1 Å². The fraction of sp³-hybridized carbons (Fsp3) is 0.364. The predicted molar refractivity (Wildman–Crippen MR) is 110 cm³/mol. The number of aromatic nitrogens is 1. The molecule has 1 aliphatic rings. The lowest BCUT2D eigenvalue weighted by atomic mass is 9.91. The molecule has 0 amide bonds. The van der Waals surface area contributed by atoms with Crippen LogP contribution in [0, 0.1) is 5.92 Å². The van der Waals surface area contributed by atoms with Crippen molar-refractivity contribution in [1.82, 2.24) is 9.88 Å². The lowest BCUT2D eigenvalue weighted by Crippen LogP contribution is -2.37. The summed E-state index contributed by atoms with van der Waals surface area (Å²) in [6.45, 7) is 2.76. The van der Waals surface area contributed by atoms with Crippen molar-refractivity contribution >= 4 is 28.5 Å². The van der Waals surface area contributed by atoms with E-state index >= 15 is 0 Å². The van der Waals surface area contributed by atoms with Crippen LogP contribution in [0.1, 0.15) is 35.2 Å². The number of piperidine rings is 1. The van der Waals surface area contributed by atoms with Crippen molar-refractivity contribution in [2.45, 2.75) is 25.7 Å². The molecule has 1 aromatic heterocycles. The van der Waals surface area contributed by atoms with Gasteiger partial charge in [-0.05, 0) is 49.4 Å². The van der Waals surface area contributed by atoms with E-state index in [4.69, 9.17) is 16.0 Å². The molecule has 146 valence electrons. The number of nitrogens with one attached hydrogen (secondary N) is 1. The molecule has 3 aromatic rings. The third-order valence-electron chi connectivity index (χ3n) is 5.43. The average Bonchev–Trinajstić information content (AvgIpc) is 3.05. The van der Waals surface area contributed by atoms with E-state index in [1.165, 1.54) is 12.0 Å². The Labute approximate surface area is 168 Å². The zero-order valence-corrected chi connectivity index (χ0v) is 16.4. The van der Waals surface area contributed by atoms with E-state index in [2.05, 4.69) is 34.1 Å². The molecular formula is C22H23ClN2O3. The third-order valence-corrected chi connectivity index (χ3v) is 5.75. The van der Waals surface area contributed by atoms with Crippen molar-refractivity contribution in [3.05, 3.63) is 69.2 Å². The number of Topliss-reactive ketones (excluding diaryl/α,β-unsaturated/α-hetero) is 1. The molecule has 1 saturated heterocycles. The number of hydrogen-bond donors (Lipinski definition) is 1. The molecule has 0 saturated carbocycles. The minimum Gasteiger partial charge on any atom is -0.408 e. The molecule has 0 spiro atoms. The number of ketones is 1. The fourth-order valence-electron chi connectivity index (χ4n) is 4.05. The molecule has 1 fully saturated rings. The largest absolute Gasteiger partial charge is 0.417 e. The SMILES string of the molecule is O=C(CCN1CCC[C@H](Cc2ccccc2)C1)c1cc2oc(=O)[nH]c2cc1Cl. The van der Waals surface area contributed by atoms with Crippen molar-refractivity contribution in [1.29, 1.82) is 0 Å². The van der Waals surface area contributed by atoms with Crippen LogP contribution in [0.2, 0.25) is 5.02 Å². The summed E-state index contributed by atoms with van der Waals surface area (Å²) < 4.78 is 5.05. The van der Waals surface area contributed by atoms with Gasteiger partial charge in [-0.15, -0.1) is 0 Å². The first-order chi connectivity index (χ1) is 13.6. The Morgan fingerprint density at radius 1 is 1.25 bits per heavy atom. The Hall–Kier alpha value is -2.37. The number of carbonyl (C=O) groups excluding carboxylic acids is 1. The number of benzene rings is 2. The second-order valence-corrected chi connectivity index (χ2v) is 7.92. The van der Waals surface area contributed by atoms with Gasteiger partial charge in [0, 0.05) is 25.1 Å². The van der Waals surface area contributed by atoms with E-state index in [0.29, 0.717) is 34.0 Å². The number of likely N-dealkylation sites (tertiary alicyclic amines) is 1. The summed E-state index contributed by atoms with van der Waals surface area (Å²) in [7, 11) is 0. The number of aromatic amines is 1. The highest BCUT2D eigenvalue weighted by atomic mass is 35.5. The number of carbonyl (C=O) groups is 1. The molecule has 2 heterocycles. The van der Waals surface area contributed by atoms with Crippen LogP contribution >= 0.6 is 11.6 Å². The number of rotatable bonds is 6. The van der Waals surface area contributed by atoms with Crippen LogP contribution in [0.25, 0.3) is 11.1 Å². The van der Waals surface area contributed by atoms with Crippen LogP contribution in [0.15, 0.2) is 51.7 Å². The lowest BCUT2D eigenvalue weighted by molar-refractivity contribution is 0.0946. The van der Waals surface area contributed by atoms with Gasteiger partial charge in [0.1, 0.15) is 0 Å². The molecule has 6 heteroatoms. The molecule has 0 radical (unpaired) electrons. The molecular weight excluding hydrogens is 376 g/mol. The maximum atomic E-state index is 12.7. The Kier molecular flexibility index (Phi) is 5.64. The van der Waals surface area contributed by atoms with Crippen molar-refractivity contribution in [2.24, 2.45) is 5.92 Å². The van der Waals surface area contributed by atoms with E-state index in [1.807, 2.05) is 6.07 Å². The van der Waals surface area contributed by atoms with Crippen molar-refractivity contribution < 1.29 is 9.21 Å². The summed E-state index contributed by atoms with van der Waals surface area (Å²) in [6, 6.07) is 13.7. The predicted octanol–water partition coefficient (Wildman–Crippen LogP) is 4.30. The van der Waals surface area contributed by atoms with Crippen LogP contribution in [0.4, 0.5) is 0 Å². The van der Waals surface area contributed by atoms with Gasteiger partial charge in [0.05, 0.1) is 10.5 Å². The average molecular weight is 399 g/mol. The molecule has 0 aliphatic carbocycles. The summed E-state index contributed by atoms with van der Waals surface area (Å²) in [6.07, 6.45) is 3.87. The summed E-state index contributed by atoms with van der Waals surface area (Å²) in [5, 5.41) is 0.343. The molecule has 5 nitrogen and oxygen atoms in total. The first-order valence-corrected chi connectivity index (χ1v) is 10.1. The highest BCUT2D eigenvalue weighted by Gasteiger charge is 2.21. The Morgan fingerprint density at radius 3 is 2.89 bits per heavy atom. The number of halogens is 1. The van der Waals surface area contributed by atoms with Gasteiger partial charge in [-0.2, -0.15) is 0 Å². The van der Waals surface area contributed by atoms with Gasteiger partial charge in [0.2, 0.25) is 0 Å². The van der Waals surface area contributed by atoms with Crippen LogP contribution in [-0.2, 0) is 6.42 Å². The topological polar surface area (TPSA) is 66.3 Å². The number of oxazole rings is 1. The molecule has 1 aliphatic heterocycles. The van der Waals surface area contributed by atoms with Gasteiger partial charge in [0.15, 0.2) is 11.4 Å². The second-order valence-electron chi connectivity index (χ2n) is 7.51. The Bertz CT molecular complexity index is 1030. The monoisotopic (exact) mass is 398 g/mol. The maximum absolute atomic E-state index is 12.7. The summed E-state index contributed by atoms with van der Waals surface area (Å²) >= 11 is 6.24. The first-order valence-electron chi connectivity index (χ1n) is 9.70. The Morgan fingerprint density at radius 2 is 2.07 bits per heavy atom. The highest BCUT2D eigenvalue weighted by Crippen LogP contribution is 2.25. The first kappa shape index (κ1) is 19.0. The molecule has 4 rings (SSSR count). The standard InChI is InChI=1S/C22H23ClN2O3/c23-18-13-19-21(28-22(27)24-19)12-17(18)20(26)8-10-25-9-4-7-16(14-25)11-15-5-2-1-3-6-15/h1-3,5-6,12-13,16H,4,7-11,14H2,(H,24,27)/t16-/m1/s1. The van der Waals surface area contributed by atoms with Crippen LogP contribution in [0.5, 0.6) is 0 Å². The molecule has 1 atom stereocenters. The normalized spacial score (nSPS) is 17.8. The highest BCUT2D eigenvalue weighted by molar-refractivity contribution is 6.34. The quantitative estimate of drug-likeness (QED) is 0.628. The number of H-pyrrole nitrogens is 1. The van der Waals surface area contributed by atoms with Gasteiger partial charge in [-0.3, -0.25) is 9.78 Å². The third kappa shape index (κ3) is 4.37. The van der Waals surface area contributed by atoms with E-state index < -0.39 is 5.76 Å². The van der Waals surface area contributed by atoms with Gasteiger partial charge in [-0.1, -0.05) is 41.9 Å². The van der Waals surface area contributed by atoms with Crippen LogP contribution in [-0.4, -0.2) is 35.3 Å². The number of fused-ring (bicyclic) bond motifs is 1. The van der Waals surface area contributed by atoms with Crippen LogP contribution in [0.3, 0.4) is 0 Å². The van der Waals surface area contributed by atoms with E-state index in [-0.39, 0.29) is 5.78 Å². The van der Waals surface area contributed by atoms with Gasteiger partial charge < -0.3 is 9.32 Å². The second kappa shape index (κ2) is 8.33. The van der Waals surface area contributed by atoms with Crippen molar-refractivity contribution in [3.63, 3.8) is 0 Å². The zero-order chi connectivity index (χ0) is 19.5. The minimum absolute atomic E-state index is 0.0269. The van der Waals surface area contributed by atoms with E-state index in [0.717, 1.165) is 32.5 Å². The van der Waals surface area contributed by atoms with Gasteiger partial charge >= 0.3 is 5.76 Å². The van der Waals surface area contributed by atoms with Crippen molar-refractivity contribution in [3.8, 4) is 0 Å². The lowest BCUT2D eigenvalue weighted by Gasteiger charge is -2.32. The molecule has 28 heavy (non-hydrogen) atoms. The minimum atomic E-state index is -0.548. The molecule has 0 bridgehead atoms. The zero-order valence-electron chi connectivity index (χ0n) is 15.6. The summed E-state index contributed by atoms with van der Waals surface area (Å²) in [5.41, 5.74) is 2.65. The maximum Gasteiger partial charge on any atom is 0.417 e. The molecule has 0 unspecified atom stereocenters. The van der Waals surface area contributed by atoms with Gasteiger partial charge in [0.25, 0.3) is 0 Å². The number of nitrogens with zero attached hydrogens (tertiary/aromatic N) is 1. The molecule has 1 N–H and O–H groups in total. The smallest absolute Gasteiger partial charge is 0.408 e. The Balaban J connectivity index is 1.36. The fourth-order valence-corrected chi connectivity index (χ4v) is 4.32. The van der Waals surface area contributed by atoms with Crippen molar-refractivity contribution in [2.75, 3.05) is 19.6 Å². The van der Waals surface area contributed by atoms with Gasteiger partial charge in [-0.25, -0.2) is 4.79 Å². The van der Waals surface area contributed by atoms with E-state index in [9.17, 15) is 9.59 Å². The summed E-state index contributed by atoms with van der Waals surface area (Å²) in [4.78, 5) is 28.9. The molecule has 2 aromatic carbocycles. The van der Waals surface area contributed by atoms with Crippen LogP contribution < -0.4 is 5.76 Å².